The van der Waals surface area contributed by atoms with E-state index in [4.69, 9.17) is 14.4 Å². The summed E-state index contributed by atoms with van der Waals surface area (Å²) in [6.45, 7) is 0. The van der Waals surface area contributed by atoms with Gasteiger partial charge in [-0.3, -0.25) is 4.79 Å². The third-order valence-electron chi connectivity index (χ3n) is 3.34. The highest BCUT2D eigenvalue weighted by molar-refractivity contribution is 6.05. The van der Waals surface area contributed by atoms with Crippen LogP contribution in [0.1, 0.15) is 10.4 Å². The van der Waals surface area contributed by atoms with Gasteiger partial charge < -0.3 is 19.7 Å². The van der Waals surface area contributed by atoms with E-state index in [0.29, 0.717) is 17.0 Å². The maximum Gasteiger partial charge on any atom is 0.268 e. The lowest BCUT2D eigenvalue weighted by molar-refractivity contribution is 0.102. The van der Waals surface area contributed by atoms with Gasteiger partial charge in [-0.05, 0) is 41.6 Å². The zero-order valence-electron chi connectivity index (χ0n) is 12.3. The van der Waals surface area contributed by atoms with Crippen LogP contribution in [0.5, 0.6) is 5.75 Å². The monoisotopic (exact) mass is 310 g/mol. The maximum absolute atomic E-state index is 12.4. The molecule has 1 amide bonds. The molecule has 2 N–H and O–H groups in total. The molecule has 0 aliphatic rings. The Kier molecular flexibility index (Phi) is 3.97. The third kappa shape index (κ3) is 3.01. The van der Waals surface area contributed by atoms with Gasteiger partial charge in [-0.25, -0.2) is 0 Å². The van der Waals surface area contributed by atoms with Gasteiger partial charge in [0.05, 0.1) is 7.11 Å². The molecule has 1 heterocycles. The molecule has 0 radical (unpaired) electrons. The molecule has 0 bridgehead atoms. The molecule has 2 aromatic carbocycles. The molecule has 0 aliphatic heterocycles. The largest absolute Gasteiger partial charge is 0.497 e. The van der Waals surface area contributed by atoms with Crippen LogP contribution >= 0.6 is 0 Å². The van der Waals surface area contributed by atoms with E-state index in [9.17, 15) is 4.79 Å². The highest BCUT2D eigenvalue weighted by atomic mass is 16.5. The van der Waals surface area contributed by atoms with E-state index in [2.05, 4.69) is 10.5 Å². The highest BCUT2D eigenvalue weighted by Crippen LogP contribution is 2.17. The summed E-state index contributed by atoms with van der Waals surface area (Å²) in [7, 11) is 1.57. The Morgan fingerprint density at radius 3 is 2.61 bits per heavy atom. The Balaban J connectivity index is 1.96. The molecule has 0 saturated carbocycles. The number of nitrogens with zero attached hydrogens (tertiary/aromatic N) is 1. The van der Waals surface area contributed by atoms with Gasteiger partial charge in [-0.1, -0.05) is 18.2 Å². The van der Waals surface area contributed by atoms with E-state index in [1.165, 1.54) is 0 Å². The van der Waals surface area contributed by atoms with Gasteiger partial charge >= 0.3 is 0 Å². The first-order chi connectivity index (χ1) is 11.2. The average Bonchev–Trinajstić information content (AvgIpc) is 2.61. The first-order valence-corrected chi connectivity index (χ1v) is 6.87. The first kappa shape index (κ1) is 14.6. The third-order valence-corrected chi connectivity index (χ3v) is 3.34. The van der Waals surface area contributed by atoms with Crippen LogP contribution < -0.4 is 15.6 Å². The van der Waals surface area contributed by atoms with Gasteiger partial charge in [-0.2, -0.15) is 0 Å². The molecule has 1 aromatic heterocycles. The SMILES string of the molecule is COc1ccc(NC(=O)c2cc3ccccc3oc2=NO)cc1. The molecule has 23 heavy (non-hydrogen) atoms. The molecule has 0 aliphatic carbocycles. The molecule has 0 spiro atoms. The standard InChI is InChI=1S/C17H14N2O4/c1-22-13-8-6-12(7-9-13)18-16(20)14-10-11-4-2-3-5-15(11)23-17(14)19-21/h2-10,21H,1H3,(H,18,20). The number of carbonyl (C=O) groups excluding carboxylic acids is 1. The molecule has 0 atom stereocenters. The van der Waals surface area contributed by atoms with Crippen molar-refractivity contribution in [3.63, 3.8) is 0 Å². The minimum Gasteiger partial charge on any atom is -0.497 e. The Morgan fingerprint density at radius 2 is 1.91 bits per heavy atom. The number of hydrogen-bond donors (Lipinski definition) is 2. The summed E-state index contributed by atoms with van der Waals surface area (Å²) in [5.41, 5.74) is 1.12. The molecule has 3 rings (SSSR count). The molecule has 6 heteroatoms. The average molecular weight is 310 g/mol. The van der Waals surface area contributed by atoms with Crippen LogP contribution in [-0.2, 0) is 0 Å². The molecule has 0 unspecified atom stereocenters. The first-order valence-electron chi connectivity index (χ1n) is 6.87. The molecule has 3 aromatic rings. The number of ether oxygens (including phenoxy) is 1. The topological polar surface area (TPSA) is 84.1 Å². The molecule has 0 saturated heterocycles. The maximum atomic E-state index is 12.4. The van der Waals surface area contributed by atoms with Crippen molar-refractivity contribution in [3.8, 4) is 5.75 Å². The van der Waals surface area contributed by atoms with E-state index < -0.39 is 5.91 Å². The predicted molar refractivity (Wildman–Crippen MR) is 84.5 cm³/mol. The summed E-state index contributed by atoms with van der Waals surface area (Å²) in [5, 5.41) is 15.6. The fourth-order valence-corrected chi connectivity index (χ4v) is 2.18. The number of anilines is 1. The normalized spacial score (nSPS) is 11.4. The Labute approximate surface area is 131 Å². The second-order valence-electron chi connectivity index (χ2n) is 4.79. The van der Waals surface area contributed by atoms with Crippen molar-refractivity contribution in [1.29, 1.82) is 0 Å². The number of nitrogens with one attached hydrogen (secondary N) is 1. The summed E-state index contributed by atoms with van der Waals surface area (Å²) < 4.78 is 10.5. The fraction of sp³-hybridized carbons (Fsp3) is 0.0588. The van der Waals surface area contributed by atoms with Gasteiger partial charge in [0, 0.05) is 11.1 Å². The molecule has 0 fully saturated rings. The number of fused-ring (bicyclic) bond motifs is 1. The molecule has 6 nitrogen and oxygen atoms in total. The number of rotatable bonds is 3. The summed E-state index contributed by atoms with van der Waals surface area (Å²) in [6.07, 6.45) is 0. The van der Waals surface area contributed by atoms with Crippen LogP contribution in [0.15, 0.2) is 64.2 Å². The van der Waals surface area contributed by atoms with E-state index >= 15 is 0 Å². The number of hydrogen-bond acceptors (Lipinski definition) is 5. The van der Waals surface area contributed by atoms with Crippen LogP contribution in [0.2, 0.25) is 0 Å². The van der Waals surface area contributed by atoms with Gasteiger partial charge in [-0.15, -0.1) is 0 Å². The lowest BCUT2D eigenvalue weighted by Crippen LogP contribution is -2.21. The fourth-order valence-electron chi connectivity index (χ4n) is 2.18. The van der Waals surface area contributed by atoms with E-state index in [1.54, 1.807) is 49.6 Å². The van der Waals surface area contributed by atoms with Gasteiger partial charge in [0.1, 0.15) is 16.9 Å². The second kappa shape index (κ2) is 6.23. The lowest BCUT2D eigenvalue weighted by Gasteiger charge is -2.07. The van der Waals surface area contributed by atoms with E-state index in [0.717, 1.165) is 5.39 Å². The van der Waals surface area contributed by atoms with E-state index in [1.807, 2.05) is 12.1 Å². The number of para-hydroxylation sites is 1. The number of benzene rings is 2. The number of methoxy groups -OCH3 is 1. The Bertz CT molecular complexity index is 914. The van der Waals surface area contributed by atoms with Crippen LogP contribution in [0.3, 0.4) is 0 Å². The molecular weight excluding hydrogens is 296 g/mol. The van der Waals surface area contributed by atoms with Crippen LogP contribution in [0.25, 0.3) is 11.0 Å². The Morgan fingerprint density at radius 1 is 1.17 bits per heavy atom. The quantitative estimate of drug-likeness (QED) is 0.575. The van der Waals surface area contributed by atoms with Crippen LogP contribution in [0.4, 0.5) is 5.69 Å². The molecular formula is C17H14N2O4. The van der Waals surface area contributed by atoms with Crippen LogP contribution in [0, 0.1) is 0 Å². The zero-order chi connectivity index (χ0) is 16.2. The van der Waals surface area contributed by atoms with Gasteiger partial charge in [0.15, 0.2) is 0 Å². The van der Waals surface area contributed by atoms with Gasteiger partial charge in [0.2, 0.25) is 0 Å². The minimum absolute atomic E-state index is 0.141. The highest BCUT2D eigenvalue weighted by Gasteiger charge is 2.13. The predicted octanol–water partition coefficient (Wildman–Crippen LogP) is 2.98. The summed E-state index contributed by atoms with van der Waals surface area (Å²) >= 11 is 0. The number of amides is 1. The van der Waals surface area contributed by atoms with Crippen molar-refractivity contribution < 1.29 is 19.2 Å². The zero-order valence-corrected chi connectivity index (χ0v) is 12.3. The van der Waals surface area contributed by atoms with E-state index in [-0.39, 0.29) is 11.1 Å². The summed E-state index contributed by atoms with van der Waals surface area (Å²) in [4.78, 5) is 12.4. The van der Waals surface area contributed by atoms with Crippen LogP contribution in [-0.4, -0.2) is 18.2 Å². The summed E-state index contributed by atoms with van der Waals surface area (Å²) in [6, 6.07) is 15.7. The van der Waals surface area contributed by atoms with Crippen molar-refractivity contribution in [3.05, 3.63) is 65.7 Å². The van der Waals surface area contributed by atoms with Crippen molar-refractivity contribution in [1.82, 2.24) is 0 Å². The Hall–Kier alpha value is -3.28. The smallest absolute Gasteiger partial charge is 0.268 e. The van der Waals surface area contributed by atoms with Crippen molar-refractivity contribution >= 4 is 22.6 Å². The van der Waals surface area contributed by atoms with Gasteiger partial charge in [0.25, 0.3) is 11.5 Å². The second-order valence-corrected chi connectivity index (χ2v) is 4.79. The van der Waals surface area contributed by atoms with Crippen molar-refractivity contribution in [2.45, 2.75) is 0 Å². The van der Waals surface area contributed by atoms with Crippen molar-refractivity contribution in [2.24, 2.45) is 5.16 Å². The molecule has 116 valence electrons. The minimum atomic E-state index is -0.433. The summed E-state index contributed by atoms with van der Waals surface area (Å²) in [5.74, 6) is 0.257. The van der Waals surface area contributed by atoms with Crippen molar-refractivity contribution in [2.75, 3.05) is 12.4 Å². The number of carbonyl (C=O) groups is 1. The lowest BCUT2D eigenvalue weighted by atomic mass is 10.1.